The third-order valence-electron chi connectivity index (χ3n) is 4.60. The zero-order valence-corrected chi connectivity index (χ0v) is 15.8. The summed E-state index contributed by atoms with van der Waals surface area (Å²) in [6.07, 6.45) is 0. The Hall–Kier alpha value is -3.12. The number of methoxy groups -OCH3 is 1. The van der Waals surface area contributed by atoms with E-state index in [2.05, 4.69) is 5.32 Å². The van der Waals surface area contributed by atoms with E-state index in [0.717, 1.165) is 21.2 Å². The summed E-state index contributed by atoms with van der Waals surface area (Å²) in [6, 6.07) is 17.4. The Morgan fingerprint density at radius 2 is 1.81 bits per heavy atom. The number of aromatic nitrogens is 1. The molecule has 0 bridgehead atoms. The third-order valence-corrected chi connectivity index (χ3v) is 5.80. The average molecular weight is 378 g/mol. The molecule has 2 aromatic heterocycles. The highest BCUT2D eigenvalue weighted by Gasteiger charge is 2.24. The first-order valence-corrected chi connectivity index (χ1v) is 9.33. The summed E-state index contributed by atoms with van der Waals surface area (Å²) in [7, 11) is 3.22. The van der Waals surface area contributed by atoms with Crippen molar-refractivity contribution in [1.29, 1.82) is 0 Å². The number of nitrogens with zero attached hydrogens (tertiary/aromatic N) is 1. The van der Waals surface area contributed by atoms with Crippen LogP contribution in [0.25, 0.3) is 21.0 Å². The molecule has 0 radical (unpaired) electrons. The minimum Gasteiger partial charge on any atom is -0.494 e. The molecule has 4 aromatic rings. The Morgan fingerprint density at radius 3 is 2.56 bits per heavy atom. The van der Waals surface area contributed by atoms with Gasteiger partial charge in [0, 0.05) is 19.0 Å². The van der Waals surface area contributed by atoms with Crippen molar-refractivity contribution in [3.63, 3.8) is 0 Å². The molecule has 0 fully saturated rings. The van der Waals surface area contributed by atoms with Crippen molar-refractivity contribution in [3.8, 4) is 5.75 Å². The number of fused-ring (bicyclic) bond motifs is 3. The standard InChI is InChI=1S/C21H18N2O3S/c1-23-15-11-7-6-10-14(15)18-16(21(23)25)17(26-2)19(27-18)20(24)22-12-13-8-4-3-5-9-13/h3-11H,12H2,1-2H3,(H,22,24). The number of rotatable bonds is 4. The van der Waals surface area contributed by atoms with E-state index in [1.54, 1.807) is 11.6 Å². The number of nitrogens with one attached hydrogen (secondary N) is 1. The predicted octanol–water partition coefficient (Wildman–Crippen LogP) is 3.69. The van der Waals surface area contributed by atoms with Crippen LogP contribution in [0, 0.1) is 0 Å². The quantitative estimate of drug-likeness (QED) is 0.589. The van der Waals surface area contributed by atoms with Gasteiger partial charge in [-0.3, -0.25) is 9.59 Å². The number of carbonyl (C=O) groups excluding carboxylic acids is 1. The van der Waals surface area contributed by atoms with E-state index in [1.807, 2.05) is 54.6 Å². The molecule has 136 valence electrons. The van der Waals surface area contributed by atoms with E-state index < -0.39 is 0 Å². The Labute approximate surface area is 159 Å². The summed E-state index contributed by atoms with van der Waals surface area (Å²) < 4.78 is 7.86. The van der Waals surface area contributed by atoms with Crippen molar-refractivity contribution in [2.24, 2.45) is 7.05 Å². The Balaban J connectivity index is 1.84. The number of para-hydroxylation sites is 1. The Kier molecular flexibility index (Phi) is 4.41. The van der Waals surface area contributed by atoms with Gasteiger partial charge in [0.1, 0.15) is 10.3 Å². The minimum atomic E-state index is -0.247. The second-order valence-electron chi connectivity index (χ2n) is 6.22. The zero-order valence-electron chi connectivity index (χ0n) is 15.0. The highest BCUT2D eigenvalue weighted by molar-refractivity contribution is 7.22. The van der Waals surface area contributed by atoms with Crippen LogP contribution < -0.4 is 15.6 Å². The third kappa shape index (κ3) is 2.88. The van der Waals surface area contributed by atoms with Gasteiger partial charge < -0.3 is 14.6 Å². The highest BCUT2D eigenvalue weighted by Crippen LogP contribution is 2.39. The maximum absolute atomic E-state index is 12.9. The molecule has 27 heavy (non-hydrogen) atoms. The van der Waals surface area contributed by atoms with Crippen LogP contribution >= 0.6 is 11.3 Å². The lowest BCUT2D eigenvalue weighted by molar-refractivity contribution is 0.0952. The summed E-state index contributed by atoms with van der Waals surface area (Å²) in [5, 5.41) is 4.30. The van der Waals surface area contributed by atoms with Gasteiger partial charge in [-0.05, 0) is 11.6 Å². The fraction of sp³-hybridized carbons (Fsp3) is 0.143. The second kappa shape index (κ2) is 6.89. The molecule has 0 unspecified atom stereocenters. The van der Waals surface area contributed by atoms with Crippen LogP contribution in [-0.4, -0.2) is 17.6 Å². The van der Waals surface area contributed by atoms with Gasteiger partial charge >= 0.3 is 0 Å². The Morgan fingerprint density at radius 1 is 1.11 bits per heavy atom. The van der Waals surface area contributed by atoms with E-state index in [1.165, 1.54) is 18.4 Å². The van der Waals surface area contributed by atoms with Crippen molar-refractivity contribution in [2.45, 2.75) is 6.54 Å². The smallest absolute Gasteiger partial charge is 0.265 e. The van der Waals surface area contributed by atoms with E-state index >= 15 is 0 Å². The number of ether oxygens (including phenoxy) is 1. The van der Waals surface area contributed by atoms with E-state index in [0.29, 0.717) is 22.6 Å². The average Bonchev–Trinajstić information content (AvgIpc) is 3.11. The van der Waals surface area contributed by atoms with E-state index in [4.69, 9.17) is 4.74 Å². The molecule has 0 aliphatic carbocycles. The van der Waals surface area contributed by atoms with Gasteiger partial charge in [-0.2, -0.15) is 0 Å². The van der Waals surface area contributed by atoms with Crippen molar-refractivity contribution in [1.82, 2.24) is 9.88 Å². The van der Waals surface area contributed by atoms with Gasteiger partial charge in [-0.15, -0.1) is 11.3 Å². The number of aryl methyl sites for hydroxylation is 1. The number of benzene rings is 2. The molecule has 2 heterocycles. The fourth-order valence-electron chi connectivity index (χ4n) is 3.24. The SMILES string of the molecule is COc1c(C(=O)NCc2ccccc2)sc2c1c(=O)n(C)c1ccccc21. The lowest BCUT2D eigenvalue weighted by Gasteiger charge is -2.07. The number of amides is 1. The minimum absolute atomic E-state index is 0.168. The molecular weight excluding hydrogens is 360 g/mol. The van der Waals surface area contributed by atoms with Crippen LogP contribution in [-0.2, 0) is 13.6 Å². The van der Waals surface area contributed by atoms with Gasteiger partial charge in [-0.1, -0.05) is 48.5 Å². The maximum Gasteiger partial charge on any atom is 0.265 e. The summed E-state index contributed by atoms with van der Waals surface area (Å²) in [4.78, 5) is 26.1. The molecule has 0 aliphatic heterocycles. The van der Waals surface area contributed by atoms with Crippen LogP contribution in [0.1, 0.15) is 15.2 Å². The van der Waals surface area contributed by atoms with Crippen LogP contribution in [0.3, 0.4) is 0 Å². The molecule has 0 saturated heterocycles. The van der Waals surface area contributed by atoms with Crippen LogP contribution in [0.4, 0.5) is 0 Å². The summed E-state index contributed by atoms with van der Waals surface area (Å²) >= 11 is 1.29. The Bertz CT molecular complexity index is 1210. The van der Waals surface area contributed by atoms with Gasteiger partial charge in [0.15, 0.2) is 5.75 Å². The number of hydrogen-bond acceptors (Lipinski definition) is 4. The topological polar surface area (TPSA) is 60.3 Å². The number of pyridine rings is 1. The van der Waals surface area contributed by atoms with Crippen LogP contribution in [0.15, 0.2) is 59.4 Å². The van der Waals surface area contributed by atoms with Crippen LogP contribution in [0.2, 0.25) is 0 Å². The van der Waals surface area contributed by atoms with Gasteiger partial charge in [0.2, 0.25) is 0 Å². The van der Waals surface area contributed by atoms with Crippen LogP contribution in [0.5, 0.6) is 5.75 Å². The molecule has 1 amide bonds. The highest BCUT2D eigenvalue weighted by atomic mass is 32.1. The largest absolute Gasteiger partial charge is 0.494 e. The van der Waals surface area contributed by atoms with Crippen molar-refractivity contribution < 1.29 is 9.53 Å². The normalized spacial score (nSPS) is 11.0. The van der Waals surface area contributed by atoms with Crippen molar-refractivity contribution in [2.75, 3.05) is 7.11 Å². The first kappa shape index (κ1) is 17.3. The summed E-state index contributed by atoms with van der Waals surface area (Å²) in [5.74, 6) is 0.0925. The molecule has 2 aromatic carbocycles. The molecule has 0 aliphatic rings. The van der Waals surface area contributed by atoms with Crippen molar-refractivity contribution in [3.05, 3.63) is 75.4 Å². The molecular formula is C21H18N2O3S. The molecule has 6 heteroatoms. The summed E-state index contributed by atoms with van der Waals surface area (Å²) in [5.41, 5.74) is 1.67. The first-order chi connectivity index (χ1) is 13.1. The number of thiophene rings is 1. The molecule has 0 spiro atoms. The fourth-order valence-corrected chi connectivity index (χ4v) is 4.45. The lowest BCUT2D eigenvalue weighted by Crippen LogP contribution is -2.22. The van der Waals surface area contributed by atoms with Gasteiger partial charge in [-0.25, -0.2) is 0 Å². The summed E-state index contributed by atoms with van der Waals surface area (Å²) in [6.45, 7) is 0.413. The monoisotopic (exact) mass is 378 g/mol. The molecule has 1 N–H and O–H groups in total. The first-order valence-electron chi connectivity index (χ1n) is 8.52. The maximum atomic E-state index is 12.9. The second-order valence-corrected chi connectivity index (χ2v) is 7.24. The number of hydrogen-bond donors (Lipinski definition) is 1. The predicted molar refractivity (Wildman–Crippen MR) is 109 cm³/mol. The van der Waals surface area contributed by atoms with E-state index in [9.17, 15) is 9.59 Å². The molecule has 5 nitrogen and oxygen atoms in total. The van der Waals surface area contributed by atoms with Gasteiger partial charge in [0.05, 0.1) is 17.3 Å². The lowest BCUT2D eigenvalue weighted by atomic mass is 10.1. The molecule has 0 atom stereocenters. The van der Waals surface area contributed by atoms with Gasteiger partial charge in [0.25, 0.3) is 11.5 Å². The number of carbonyl (C=O) groups is 1. The molecule has 4 rings (SSSR count). The van der Waals surface area contributed by atoms with E-state index in [-0.39, 0.29) is 11.5 Å². The zero-order chi connectivity index (χ0) is 19.0. The molecule has 0 saturated carbocycles. The van der Waals surface area contributed by atoms with Crippen molar-refractivity contribution >= 4 is 38.2 Å².